The fourth-order valence-corrected chi connectivity index (χ4v) is 3.14. The summed E-state index contributed by atoms with van der Waals surface area (Å²) in [4.78, 5) is 5.39. The SMILES string of the molecule is CCc1cc(OCC=C(Cl)Cl)cc(CC)c1OCCCCCCOCC(C)=NOC(C)(C)C. The van der Waals surface area contributed by atoms with Crippen LogP contribution in [-0.4, -0.2) is 37.7 Å². The molecule has 188 valence electrons. The lowest BCUT2D eigenvalue weighted by Gasteiger charge is -2.17. The normalized spacial score (nSPS) is 11.9. The number of halogens is 2. The molecule has 0 saturated carbocycles. The number of oxime groups is 1. The number of aryl methyl sites for hydroxylation is 2. The largest absolute Gasteiger partial charge is 0.493 e. The molecule has 1 aromatic rings. The van der Waals surface area contributed by atoms with Crippen molar-refractivity contribution >= 4 is 28.9 Å². The molecule has 1 rings (SSSR count). The van der Waals surface area contributed by atoms with E-state index in [-0.39, 0.29) is 10.1 Å². The van der Waals surface area contributed by atoms with Crippen molar-refractivity contribution in [3.8, 4) is 11.5 Å². The van der Waals surface area contributed by atoms with Crippen LogP contribution in [0.4, 0.5) is 0 Å². The van der Waals surface area contributed by atoms with Gasteiger partial charge < -0.3 is 19.0 Å². The first-order valence-electron chi connectivity index (χ1n) is 11.9. The molecule has 7 heteroatoms. The van der Waals surface area contributed by atoms with Gasteiger partial charge in [0.25, 0.3) is 0 Å². The molecule has 0 aromatic heterocycles. The molecular weight excluding hydrogens is 461 g/mol. The molecule has 0 unspecified atom stereocenters. The standard InChI is InChI=1S/C26H41Cl2NO4/c1-7-21-17-23(31-16-13-24(27)28)18-22(8-2)25(21)32-15-12-10-9-11-14-30-19-20(3)29-33-26(4,5)6/h13,17-18H,7-12,14-16,19H2,1-6H3. The summed E-state index contributed by atoms with van der Waals surface area (Å²) in [6, 6.07) is 4.08. The second-order valence-corrected chi connectivity index (χ2v) is 9.94. The van der Waals surface area contributed by atoms with E-state index < -0.39 is 0 Å². The molecule has 0 spiro atoms. The van der Waals surface area contributed by atoms with Crippen molar-refractivity contribution in [1.82, 2.24) is 0 Å². The summed E-state index contributed by atoms with van der Waals surface area (Å²) in [5, 5.41) is 4.09. The van der Waals surface area contributed by atoms with Crippen molar-refractivity contribution in [2.24, 2.45) is 5.16 Å². The first kappa shape index (κ1) is 29.6. The smallest absolute Gasteiger partial charge is 0.129 e. The van der Waals surface area contributed by atoms with Gasteiger partial charge in [-0.3, -0.25) is 0 Å². The fraction of sp³-hybridized carbons (Fsp3) is 0.654. The highest BCUT2D eigenvalue weighted by molar-refractivity contribution is 6.55. The molecule has 0 aliphatic carbocycles. The van der Waals surface area contributed by atoms with E-state index in [4.69, 9.17) is 42.3 Å². The topological polar surface area (TPSA) is 49.3 Å². The zero-order valence-electron chi connectivity index (χ0n) is 21.1. The minimum atomic E-state index is -0.272. The van der Waals surface area contributed by atoms with Crippen molar-refractivity contribution in [1.29, 1.82) is 0 Å². The van der Waals surface area contributed by atoms with Crippen LogP contribution in [-0.2, 0) is 22.4 Å². The van der Waals surface area contributed by atoms with Gasteiger partial charge in [0.05, 0.1) is 18.9 Å². The molecule has 0 amide bonds. The van der Waals surface area contributed by atoms with Gasteiger partial charge in [0, 0.05) is 6.61 Å². The Kier molecular flexibility index (Phi) is 14.6. The summed E-state index contributed by atoms with van der Waals surface area (Å²) in [5.74, 6) is 1.81. The number of hydrogen-bond donors (Lipinski definition) is 0. The zero-order chi connectivity index (χ0) is 24.7. The van der Waals surface area contributed by atoms with Crippen molar-refractivity contribution in [3.05, 3.63) is 33.8 Å². The quantitative estimate of drug-likeness (QED) is 0.132. The summed E-state index contributed by atoms with van der Waals surface area (Å²) < 4.78 is 17.8. The van der Waals surface area contributed by atoms with E-state index in [0.717, 1.165) is 73.5 Å². The van der Waals surface area contributed by atoms with E-state index in [1.54, 1.807) is 6.08 Å². The van der Waals surface area contributed by atoms with Gasteiger partial charge in [-0.25, -0.2) is 0 Å². The van der Waals surface area contributed by atoms with Crippen LogP contribution < -0.4 is 9.47 Å². The Morgan fingerprint density at radius 1 is 0.939 bits per heavy atom. The lowest BCUT2D eigenvalue weighted by molar-refractivity contribution is -0.000650. The first-order chi connectivity index (χ1) is 15.7. The summed E-state index contributed by atoms with van der Waals surface area (Å²) in [5.41, 5.74) is 2.90. The number of nitrogens with zero attached hydrogens (tertiary/aromatic N) is 1. The Bertz CT molecular complexity index is 728. The van der Waals surface area contributed by atoms with Gasteiger partial charge in [-0.1, -0.05) is 48.6 Å². The van der Waals surface area contributed by atoms with Crippen LogP contribution in [0.5, 0.6) is 11.5 Å². The molecule has 1 aromatic carbocycles. The minimum Gasteiger partial charge on any atom is -0.493 e. The maximum atomic E-state index is 6.19. The predicted octanol–water partition coefficient (Wildman–Crippen LogP) is 7.66. The highest BCUT2D eigenvalue weighted by atomic mass is 35.5. The van der Waals surface area contributed by atoms with Crippen LogP contribution in [0.25, 0.3) is 0 Å². The molecular formula is C26H41Cl2NO4. The number of benzene rings is 1. The Morgan fingerprint density at radius 3 is 2.09 bits per heavy atom. The lowest BCUT2D eigenvalue weighted by Crippen LogP contribution is -2.17. The van der Waals surface area contributed by atoms with E-state index in [1.807, 2.05) is 39.8 Å². The average molecular weight is 503 g/mol. The number of unbranched alkanes of at least 4 members (excludes halogenated alkanes) is 3. The van der Waals surface area contributed by atoms with Gasteiger partial charge in [0.2, 0.25) is 0 Å². The molecule has 0 fully saturated rings. The van der Waals surface area contributed by atoms with E-state index in [9.17, 15) is 0 Å². The van der Waals surface area contributed by atoms with Crippen LogP contribution >= 0.6 is 23.2 Å². The van der Waals surface area contributed by atoms with Crippen LogP contribution in [0.2, 0.25) is 0 Å². The van der Waals surface area contributed by atoms with Crippen molar-refractivity contribution < 1.29 is 19.0 Å². The summed E-state index contributed by atoms with van der Waals surface area (Å²) in [7, 11) is 0. The van der Waals surface area contributed by atoms with E-state index in [2.05, 4.69) is 19.0 Å². The van der Waals surface area contributed by atoms with Gasteiger partial charge in [-0.2, -0.15) is 0 Å². The van der Waals surface area contributed by atoms with Gasteiger partial charge in [0.1, 0.15) is 28.2 Å². The molecule has 0 radical (unpaired) electrons. The third kappa shape index (κ3) is 13.8. The summed E-state index contributed by atoms with van der Waals surface area (Å²) in [6.45, 7) is 14.4. The third-order valence-corrected chi connectivity index (χ3v) is 4.99. The van der Waals surface area contributed by atoms with Crippen LogP contribution in [0, 0.1) is 0 Å². The maximum absolute atomic E-state index is 6.19. The summed E-state index contributed by atoms with van der Waals surface area (Å²) >= 11 is 11.3. The second-order valence-electron chi connectivity index (χ2n) is 8.93. The Labute approximate surface area is 210 Å². The zero-order valence-corrected chi connectivity index (χ0v) is 22.7. The molecule has 33 heavy (non-hydrogen) atoms. The molecule has 0 heterocycles. The molecule has 0 atom stereocenters. The molecule has 5 nitrogen and oxygen atoms in total. The monoisotopic (exact) mass is 501 g/mol. The first-order valence-corrected chi connectivity index (χ1v) is 12.6. The molecule has 0 aliphatic rings. The van der Waals surface area contributed by atoms with Crippen LogP contribution in [0.15, 0.2) is 27.9 Å². The molecule has 0 saturated heterocycles. The number of hydrogen-bond acceptors (Lipinski definition) is 5. The Hall–Kier alpha value is -1.43. The van der Waals surface area contributed by atoms with Crippen molar-refractivity contribution in [3.63, 3.8) is 0 Å². The number of ether oxygens (including phenoxy) is 3. The van der Waals surface area contributed by atoms with Crippen molar-refractivity contribution in [2.75, 3.05) is 26.4 Å². The van der Waals surface area contributed by atoms with Crippen LogP contribution in [0.3, 0.4) is 0 Å². The minimum absolute atomic E-state index is 0.211. The van der Waals surface area contributed by atoms with Gasteiger partial charge >= 0.3 is 0 Å². The highest BCUT2D eigenvalue weighted by Crippen LogP contribution is 2.31. The lowest BCUT2D eigenvalue weighted by atomic mass is 10.0. The Balaban J connectivity index is 2.34. The molecule has 0 aliphatic heterocycles. The average Bonchev–Trinajstić information content (AvgIpc) is 2.75. The molecule has 0 bridgehead atoms. The van der Waals surface area contributed by atoms with Crippen LogP contribution in [0.1, 0.15) is 78.4 Å². The summed E-state index contributed by atoms with van der Waals surface area (Å²) in [6.07, 6.45) is 7.66. The van der Waals surface area contributed by atoms with E-state index >= 15 is 0 Å². The highest BCUT2D eigenvalue weighted by Gasteiger charge is 2.12. The van der Waals surface area contributed by atoms with E-state index in [0.29, 0.717) is 19.8 Å². The Morgan fingerprint density at radius 2 is 1.55 bits per heavy atom. The number of rotatable bonds is 16. The third-order valence-electron chi connectivity index (χ3n) is 4.68. The second kappa shape index (κ2) is 16.2. The van der Waals surface area contributed by atoms with Gasteiger partial charge in [-0.05, 0) is 89.1 Å². The van der Waals surface area contributed by atoms with Gasteiger partial charge in [-0.15, -0.1) is 0 Å². The maximum Gasteiger partial charge on any atom is 0.129 e. The van der Waals surface area contributed by atoms with Gasteiger partial charge in [0.15, 0.2) is 0 Å². The van der Waals surface area contributed by atoms with E-state index in [1.165, 1.54) is 0 Å². The van der Waals surface area contributed by atoms with Crippen molar-refractivity contribution in [2.45, 2.75) is 85.7 Å². The fourth-order valence-electron chi connectivity index (χ4n) is 3.01. The molecule has 0 N–H and O–H groups in total. The predicted molar refractivity (Wildman–Crippen MR) is 139 cm³/mol.